The van der Waals surface area contributed by atoms with E-state index in [0.717, 1.165) is 12.1 Å². The average molecular weight is 454 g/mol. The zero-order valence-corrected chi connectivity index (χ0v) is 12.8. The third-order valence-corrected chi connectivity index (χ3v) is 5.27. The fourth-order valence-electron chi connectivity index (χ4n) is 0.969. The maximum atomic E-state index is 12.2. The van der Waals surface area contributed by atoms with Crippen molar-refractivity contribution in [2.45, 2.75) is 12.4 Å². The van der Waals surface area contributed by atoms with E-state index in [0.29, 0.717) is 0 Å². The van der Waals surface area contributed by atoms with E-state index in [1.165, 1.54) is 12.1 Å². The first-order valence-electron chi connectivity index (χ1n) is 5.31. The van der Waals surface area contributed by atoms with Gasteiger partial charge >= 0.3 is 133 Å². The van der Waals surface area contributed by atoms with Crippen LogP contribution in [-0.2, 0) is 15.7 Å². The Hall–Kier alpha value is -1.97. The van der Waals surface area contributed by atoms with Crippen molar-refractivity contribution >= 4 is 32.6 Å². The van der Waals surface area contributed by atoms with Crippen LogP contribution in [0.25, 0.3) is 0 Å². The van der Waals surface area contributed by atoms with Gasteiger partial charge in [0, 0.05) is 0 Å². The van der Waals surface area contributed by atoms with Crippen molar-refractivity contribution in [1.29, 1.82) is 0 Å². The molecule has 0 aliphatic rings. The van der Waals surface area contributed by atoms with Crippen LogP contribution in [0.4, 0.5) is 26.3 Å². The Kier molecular flexibility index (Phi) is 5.86. The molecule has 11 heteroatoms. The number of hydrogen-bond acceptors (Lipinski definition) is 4. The predicted molar refractivity (Wildman–Crippen MR) is 71.4 cm³/mol. The Labute approximate surface area is 133 Å². The van der Waals surface area contributed by atoms with Crippen LogP contribution < -0.4 is 0 Å². The van der Waals surface area contributed by atoms with Crippen LogP contribution in [0.5, 0.6) is 0 Å². The molecule has 0 heterocycles. The van der Waals surface area contributed by atoms with Crippen LogP contribution in [0.3, 0.4) is 0 Å². The monoisotopic (exact) mass is 454 g/mol. The second-order valence-electron chi connectivity index (χ2n) is 3.59. The summed E-state index contributed by atoms with van der Waals surface area (Å²) in [6.45, 7) is 0. The van der Waals surface area contributed by atoms with Crippen molar-refractivity contribution in [3.8, 4) is 12.3 Å². The Bertz CT molecular complexity index is 601. The Morgan fingerprint density at radius 3 is 1.61 bits per heavy atom. The second kappa shape index (κ2) is 7.07. The van der Waals surface area contributed by atoms with Gasteiger partial charge in [0.05, 0.1) is 0 Å². The van der Waals surface area contributed by atoms with E-state index < -0.39 is 44.9 Å². The summed E-state index contributed by atoms with van der Waals surface area (Å²) >= 11 is -4.35. The molecule has 1 rings (SSSR count). The molecule has 0 bridgehead atoms. The molecule has 1 aromatic carbocycles. The van der Waals surface area contributed by atoms with E-state index >= 15 is 0 Å². The van der Waals surface area contributed by atoms with Gasteiger partial charge in [0.15, 0.2) is 0 Å². The third kappa shape index (κ3) is 5.62. The van der Waals surface area contributed by atoms with Crippen LogP contribution >= 0.6 is 20.6 Å². The van der Waals surface area contributed by atoms with Crippen LogP contribution in [0.1, 0.15) is 5.56 Å². The number of benzene rings is 1. The molecule has 0 amide bonds. The summed E-state index contributed by atoms with van der Waals surface area (Å²) in [4.78, 5) is 21.6. The van der Waals surface area contributed by atoms with Gasteiger partial charge in [-0.05, 0) is 0 Å². The van der Waals surface area contributed by atoms with E-state index in [-0.39, 0.29) is 9.13 Å². The van der Waals surface area contributed by atoms with Gasteiger partial charge in [-0.1, -0.05) is 0 Å². The Morgan fingerprint density at radius 2 is 1.30 bits per heavy atom. The molecule has 1 aromatic rings. The van der Waals surface area contributed by atoms with Crippen molar-refractivity contribution in [1.82, 2.24) is 0 Å². The van der Waals surface area contributed by atoms with E-state index in [1.54, 1.807) is 0 Å². The van der Waals surface area contributed by atoms with Crippen LogP contribution in [0.15, 0.2) is 24.3 Å². The summed E-state index contributed by atoms with van der Waals surface area (Å²) in [7, 11) is 0. The molecule has 23 heavy (non-hydrogen) atoms. The minimum atomic E-state index is -5.45. The Morgan fingerprint density at radius 1 is 0.913 bits per heavy atom. The Balaban J connectivity index is 3.07. The summed E-state index contributed by atoms with van der Waals surface area (Å²) in [5.41, 5.74) is 0.272. The molecule has 0 N–H and O–H groups in total. The summed E-state index contributed by atoms with van der Waals surface area (Å²) < 4.78 is 80.6. The molecule has 0 fully saturated rings. The number of terminal acetylenes is 1. The molecule has 4 nitrogen and oxygen atoms in total. The summed E-state index contributed by atoms with van der Waals surface area (Å²) in [5.74, 6) is -3.34. The first-order chi connectivity index (χ1) is 10.4. The molecule has 0 saturated carbocycles. The van der Waals surface area contributed by atoms with Crippen molar-refractivity contribution in [2.24, 2.45) is 0 Å². The van der Waals surface area contributed by atoms with E-state index in [1.807, 2.05) is 0 Å². The molecule has 0 aromatic heterocycles. The van der Waals surface area contributed by atoms with Crippen LogP contribution in [-0.4, -0.2) is 24.3 Å². The fourth-order valence-corrected chi connectivity index (χ4v) is 3.74. The van der Waals surface area contributed by atoms with Gasteiger partial charge in [0.2, 0.25) is 0 Å². The SMILES string of the molecule is C#Cc1ccc(I(OC(=O)C(F)(F)F)OC(=O)C(F)(F)F)cc1. The molecule has 0 aliphatic heterocycles. The van der Waals surface area contributed by atoms with Gasteiger partial charge in [-0.2, -0.15) is 0 Å². The first kappa shape index (κ1) is 19.1. The molecule has 0 aliphatic carbocycles. The number of carbonyl (C=O) groups excluding carboxylic acids is 2. The van der Waals surface area contributed by atoms with Crippen molar-refractivity contribution in [2.75, 3.05) is 0 Å². The number of hydrogen-bond donors (Lipinski definition) is 0. The van der Waals surface area contributed by atoms with Gasteiger partial charge in [-0.25, -0.2) is 0 Å². The maximum absolute atomic E-state index is 12.2. The van der Waals surface area contributed by atoms with Gasteiger partial charge in [-0.3, -0.25) is 0 Å². The van der Waals surface area contributed by atoms with Crippen LogP contribution in [0.2, 0.25) is 0 Å². The third-order valence-electron chi connectivity index (χ3n) is 1.93. The van der Waals surface area contributed by atoms with E-state index in [4.69, 9.17) is 6.42 Å². The number of rotatable bonds is 3. The predicted octanol–water partition coefficient (Wildman–Crippen LogP) is 3.38. The van der Waals surface area contributed by atoms with E-state index in [2.05, 4.69) is 12.1 Å². The van der Waals surface area contributed by atoms with Crippen molar-refractivity contribution in [3.05, 3.63) is 33.4 Å². The van der Waals surface area contributed by atoms with Gasteiger partial charge in [-0.15, -0.1) is 0 Å². The van der Waals surface area contributed by atoms with Crippen molar-refractivity contribution < 1.29 is 42.1 Å². The topological polar surface area (TPSA) is 52.6 Å². The molecule has 126 valence electrons. The van der Waals surface area contributed by atoms with Crippen LogP contribution in [0, 0.1) is 15.9 Å². The van der Waals surface area contributed by atoms with E-state index in [9.17, 15) is 35.9 Å². The average Bonchev–Trinajstić information content (AvgIpc) is 2.44. The second-order valence-corrected chi connectivity index (χ2v) is 6.96. The molecular formula is C12H5F6IO4. The number of halogens is 7. The normalized spacial score (nSPS) is 12.1. The summed E-state index contributed by atoms with van der Waals surface area (Å²) in [6, 6.07) is 4.41. The van der Waals surface area contributed by atoms with Gasteiger partial charge in [0.1, 0.15) is 0 Å². The zero-order valence-electron chi connectivity index (χ0n) is 10.7. The standard InChI is InChI=1S/C12H5F6IO4/c1-2-7-3-5-8(6-4-7)19(22-9(20)11(13,14)15)23-10(21)12(16,17)18/h1,3-6H. The molecular weight excluding hydrogens is 449 g/mol. The first-order valence-corrected chi connectivity index (χ1v) is 8.15. The molecule has 0 unspecified atom stereocenters. The molecule has 0 atom stereocenters. The zero-order chi connectivity index (χ0) is 17.8. The fraction of sp³-hybridized carbons (Fsp3) is 0.167. The number of alkyl halides is 6. The quantitative estimate of drug-likeness (QED) is 0.400. The van der Waals surface area contributed by atoms with Gasteiger partial charge in [0.25, 0.3) is 0 Å². The summed E-state index contributed by atoms with van der Waals surface area (Å²) in [5, 5.41) is 0. The minimum absolute atomic E-state index is 0.272. The molecule has 0 spiro atoms. The van der Waals surface area contributed by atoms with Crippen molar-refractivity contribution in [3.63, 3.8) is 0 Å². The van der Waals surface area contributed by atoms with Gasteiger partial charge < -0.3 is 0 Å². The molecule has 0 radical (unpaired) electrons. The molecule has 0 saturated heterocycles. The number of carbonyl (C=O) groups is 2. The summed E-state index contributed by atoms with van der Waals surface area (Å²) in [6.07, 6.45) is -5.84.